The highest BCUT2D eigenvalue weighted by Gasteiger charge is 2.43. The van der Waals surface area contributed by atoms with Gasteiger partial charge in [-0.3, -0.25) is 4.79 Å². The molecule has 1 saturated heterocycles. The van der Waals surface area contributed by atoms with Gasteiger partial charge >= 0.3 is 0 Å². The van der Waals surface area contributed by atoms with Crippen LogP contribution in [-0.2, 0) is 14.8 Å². The maximum Gasteiger partial charge on any atom is 0.276 e. The Bertz CT molecular complexity index is 937. The number of nitriles is 2. The van der Waals surface area contributed by atoms with Gasteiger partial charge in [-0.15, -0.1) is 0 Å². The molecule has 2 aliphatic rings. The van der Waals surface area contributed by atoms with Gasteiger partial charge in [-0.05, 0) is 37.8 Å². The highest BCUT2D eigenvalue weighted by atomic mass is 32.2. The summed E-state index contributed by atoms with van der Waals surface area (Å²) in [5, 5.41) is 21.4. The number of amides is 1. The molecule has 1 amide bonds. The van der Waals surface area contributed by atoms with Gasteiger partial charge in [0.15, 0.2) is 6.54 Å². The van der Waals surface area contributed by atoms with Crippen molar-refractivity contribution in [3.8, 4) is 12.1 Å². The molecule has 1 heterocycles. The first kappa shape index (κ1) is 20.3. The molecule has 0 aromatic heterocycles. The van der Waals surface area contributed by atoms with Gasteiger partial charge in [0.25, 0.3) is 5.91 Å². The van der Waals surface area contributed by atoms with E-state index in [0.29, 0.717) is 13.1 Å². The van der Waals surface area contributed by atoms with Crippen LogP contribution in [0.25, 0.3) is 0 Å². The predicted octanol–water partition coefficient (Wildman–Crippen LogP) is -0.744. The van der Waals surface area contributed by atoms with Gasteiger partial charge in [-0.1, -0.05) is 12.1 Å². The van der Waals surface area contributed by atoms with Crippen molar-refractivity contribution in [1.29, 1.82) is 10.5 Å². The molecule has 0 radical (unpaired) electrons. The summed E-state index contributed by atoms with van der Waals surface area (Å²) < 4.78 is 27.1. The summed E-state index contributed by atoms with van der Waals surface area (Å²) >= 11 is 0. The van der Waals surface area contributed by atoms with Crippen LogP contribution in [0, 0.1) is 28.6 Å². The zero-order valence-corrected chi connectivity index (χ0v) is 16.6. The van der Waals surface area contributed by atoms with Gasteiger partial charge in [-0.25, -0.2) is 8.42 Å². The van der Waals surface area contributed by atoms with E-state index in [-0.39, 0.29) is 41.9 Å². The van der Waals surface area contributed by atoms with Crippen molar-refractivity contribution in [3.05, 3.63) is 29.8 Å². The maximum atomic E-state index is 12.9. The molecule has 0 bridgehead atoms. The molecule has 3 rings (SSSR count). The number of hydrogen-bond donors (Lipinski definition) is 2. The minimum absolute atomic E-state index is 0.0212. The Kier molecular flexibility index (Phi) is 5.71. The molecule has 9 heteroatoms. The van der Waals surface area contributed by atoms with Gasteiger partial charge in [0.05, 0.1) is 42.7 Å². The lowest BCUT2D eigenvalue weighted by atomic mass is 9.98. The Morgan fingerprint density at radius 1 is 1.29 bits per heavy atom. The summed E-state index contributed by atoms with van der Waals surface area (Å²) in [6, 6.07) is 10.3. The number of benzene rings is 1. The summed E-state index contributed by atoms with van der Waals surface area (Å²) in [6.45, 7) is 3.52. The molecular weight excluding hydrogens is 378 g/mol. The Balaban J connectivity index is 1.58. The minimum Gasteiger partial charge on any atom is -0.333 e. The minimum atomic E-state index is -3.74. The first-order chi connectivity index (χ1) is 13.3. The molecule has 1 aliphatic carbocycles. The van der Waals surface area contributed by atoms with Crippen LogP contribution in [0.4, 0.5) is 0 Å². The fourth-order valence-electron chi connectivity index (χ4n) is 3.59. The molecule has 0 unspecified atom stereocenters. The number of carbonyl (C=O) groups is 1. The van der Waals surface area contributed by atoms with E-state index < -0.39 is 15.6 Å². The first-order valence-electron chi connectivity index (χ1n) is 9.35. The number of rotatable bonds is 6. The van der Waals surface area contributed by atoms with Crippen LogP contribution in [0.15, 0.2) is 29.2 Å². The Hall–Kier alpha value is -2.46. The fraction of sp³-hybridized carbons (Fsp3) is 0.526. The van der Waals surface area contributed by atoms with Gasteiger partial charge in [0.2, 0.25) is 10.0 Å². The van der Waals surface area contributed by atoms with E-state index in [2.05, 4.69) is 11.4 Å². The van der Waals surface area contributed by atoms with E-state index in [9.17, 15) is 23.7 Å². The second kappa shape index (κ2) is 7.88. The smallest absolute Gasteiger partial charge is 0.276 e. The average molecular weight is 403 g/mol. The van der Waals surface area contributed by atoms with E-state index >= 15 is 0 Å². The second-order valence-corrected chi connectivity index (χ2v) is 9.48. The van der Waals surface area contributed by atoms with Gasteiger partial charge in [0.1, 0.15) is 11.6 Å². The third-order valence-electron chi connectivity index (χ3n) is 5.49. The van der Waals surface area contributed by atoms with E-state index in [1.807, 2.05) is 6.07 Å². The van der Waals surface area contributed by atoms with Crippen LogP contribution in [-0.4, -0.2) is 56.9 Å². The van der Waals surface area contributed by atoms with E-state index in [4.69, 9.17) is 0 Å². The largest absolute Gasteiger partial charge is 0.333 e. The monoisotopic (exact) mass is 402 g/mol. The number of nitrogens with one attached hydrogen (secondary N) is 2. The van der Waals surface area contributed by atoms with Gasteiger partial charge in [0, 0.05) is 0 Å². The predicted molar refractivity (Wildman–Crippen MR) is 100 cm³/mol. The van der Waals surface area contributed by atoms with Crippen LogP contribution in [0.1, 0.15) is 25.3 Å². The summed E-state index contributed by atoms with van der Waals surface area (Å²) in [5.74, 6) is 0.0377. The molecule has 1 aromatic carbocycles. The zero-order valence-electron chi connectivity index (χ0n) is 15.8. The highest BCUT2D eigenvalue weighted by molar-refractivity contribution is 7.89. The molecule has 8 nitrogen and oxygen atoms in total. The van der Waals surface area contributed by atoms with Gasteiger partial charge in [-0.2, -0.15) is 14.8 Å². The number of sulfonamides is 1. The first-order valence-corrected chi connectivity index (χ1v) is 10.8. The summed E-state index contributed by atoms with van der Waals surface area (Å²) in [7, 11) is -3.74. The van der Waals surface area contributed by atoms with Crippen molar-refractivity contribution in [3.63, 3.8) is 0 Å². The third kappa shape index (κ3) is 4.17. The Morgan fingerprint density at radius 3 is 2.50 bits per heavy atom. The quantitative estimate of drug-likeness (QED) is 0.649. The van der Waals surface area contributed by atoms with Crippen LogP contribution in [0.5, 0.6) is 0 Å². The molecule has 2 N–H and O–H groups in total. The number of quaternary nitrogens is 1. The van der Waals surface area contributed by atoms with Crippen molar-refractivity contribution >= 4 is 15.9 Å². The summed E-state index contributed by atoms with van der Waals surface area (Å²) in [6.07, 6.45) is 1.91. The standard InChI is InChI=1S/C19H23N5O3S/c1-19(14-21,16-6-7-16)22-18(25)13-23-8-10-24(11-9-23)28(26,27)17-5-3-2-4-15(17)12-20/h2-5,16H,6-11,13H2,1H3,(H,22,25)/p+1/t19-/m0/s1. The number of hydrogen-bond acceptors (Lipinski definition) is 5. The lowest BCUT2D eigenvalue weighted by Gasteiger charge is -2.32. The van der Waals surface area contributed by atoms with Crippen molar-refractivity contribution in [2.75, 3.05) is 32.7 Å². The van der Waals surface area contributed by atoms with E-state index in [1.165, 1.54) is 16.4 Å². The molecule has 28 heavy (non-hydrogen) atoms. The van der Waals surface area contributed by atoms with Gasteiger partial charge < -0.3 is 10.2 Å². The van der Waals surface area contributed by atoms with E-state index in [0.717, 1.165) is 17.7 Å². The average Bonchev–Trinajstić information content (AvgIpc) is 3.54. The molecule has 1 saturated carbocycles. The molecule has 0 spiro atoms. The lowest BCUT2D eigenvalue weighted by molar-refractivity contribution is -0.895. The molecule has 2 fully saturated rings. The summed E-state index contributed by atoms with van der Waals surface area (Å²) in [4.78, 5) is 13.4. The van der Waals surface area contributed by atoms with Crippen LogP contribution in [0.2, 0.25) is 0 Å². The van der Waals surface area contributed by atoms with Crippen molar-refractivity contribution in [1.82, 2.24) is 9.62 Å². The highest BCUT2D eigenvalue weighted by Crippen LogP contribution is 2.39. The second-order valence-electron chi connectivity index (χ2n) is 7.58. The molecule has 1 atom stereocenters. The number of nitrogens with zero attached hydrogens (tertiary/aromatic N) is 3. The normalized spacial score (nSPS) is 20.5. The van der Waals surface area contributed by atoms with E-state index in [1.54, 1.807) is 19.1 Å². The Labute approximate surface area is 165 Å². The lowest BCUT2D eigenvalue weighted by Crippen LogP contribution is -3.16. The van der Waals surface area contributed by atoms with Crippen molar-refractivity contribution < 1.29 is 18.1 Å². The third-order valence-corrected chi connectivity index (χ3v) is 7.45. The van der Waals surface area contributed by atoms with Crippen LogP contribution < -0.4 is 10.2 Å². The molecular formula is C19H24N5O3S+. The van der Waals surface area contributed by atoms with Crippen LogP contribution >= 0.6 is 0 Å². The Morgan fingerprint density at radius 2 is 1.93 bits per heavy atom. The topological polar surface area (TPSA) is 118 Å². The van der Waals surface area contributed by atoms with Crippen molar-refractivity contribution in [2.24, 2.45) is 5.92 Å². The fourth-order valence-corrected chi connectivity index (χ4v) is 5.17. The SMILES string of the molecule is C[C@@](C#N)(NC(=O)C[NH+]1CCN(S(=O)(=O)c2ccccc2C#N)CC1)C1CC1. The maximum absolute atomic E-state index is 12.9. The molecule has 1 aliphatic heterocycles. The zero-order chi connectivity index (χ0) is 20.4. The number of piperazine rings is 1. The van der Waals surface area contributed by atoms with Crippen molar-refractivity contribution in [2.45, 2.75) is 30.2 Å². The van der Waals surface area contributed by atoms with Crippen LogP contribution in [0.3, 0.4) is 0 Å². The number of carbonyl (C=O) groups excluding carboxylic acids is 1. The summed E-state index contributed by atoms with van der Waals surface area (Å²) in [5.41, 5.74) is -0.685. The molecule has 1 aromatic rings. The molecule has 148 valence electrons.